The van der Waals surface area contributed by atoms with Crippen LogP contribution < -0.4 is 15.4 Å². The minimum Gasteiger partial charge on any atom is -0.492 e. The van der Waals surface area contributed by atoms with Crippen molar-refractivity contribution in [1.29, 1.82) is 0 Å². The molecule has 1 aromatic rings. The van der Waals surface area contributed by atoms with Crippen LogP contribution in [0.25, 0.3) is 0 Å². The van der Waals surface area contributed by atoms with Gasteiger partial charge < -0.3 is 20.1 Å². The van der Waals surface area contributed by atoms with Crippen LogP contribution in [0.1, 0.15) is 40.0 Å². The molecule has 1 aromatic carbocycles. The van der Waals surface area contributed by atoms with E-state index in [4.69, 9.17) is 9.47 Å². The largest absolute Gasteiger partial charge is 0.492 e. The van der Waals surface area contributed by atoms with Gasteiger partial charge in [0.05, 0.1) is 6.54 Å². The normalized spacial score (nSPS) is 14.9. The number of alkyl carbamates (subject to hydrolysis) is 1. The van der Waals surface area contributed by atoms with Crippen LogP contribution in [0.2, 0.25) is 0 Å². The first kappa shape index (κ1) is 16.5. The Balaban J connectivity index is 1.68. The monoisotopic (exact) mass is 306 g/mol. The van der Waals surface area contributed by atoms with Crippen LogP contribution in [0, 0.1) is 0 Å². The van der Waals surface area contributed by atoms with Gasteiger partial charge in [-0.25, -0.2) is 4.79 Å². The first-order chi connectivity index (χ1) is 10.4. The van der Waals surface area contributed by atoms with Gasteiger partial charge in [-0.1, -0.05) is 6.07 Å². The summed E-state index contributed by atoms with van der Waals surface area (Å²) in [7, 11) is 0. The Morgan fingerprint density at radius 1 is 1.32 bits per heavy atom. The van der Waals surface area contributed by atoms with Crippen molar-refractivity contribution in [2.24, 2.45) is 0 Å². The average Bonchev–Trinajstić information content (AvgIpc) is 2.38. The van der Waals surface area contributed by atoms with E-state index >= 15 is 0 Å². The quantitative estimate of drug-likeness (QED) is 0.789. The highest BCUT2D eigenvalue weighted by Gasteiger charge is 2.17. The fourth-order valence-electron chi connectivity index (χ4n) is 2.10. The average molecular weight is 306 g/mol. The summed E-state index contributed by atoms with van der Waals surface area (Å²) in [5.41, 5.74) is 0.606. The van der Waals surface area contributed by atoms with Crippen molar-refractivity contribution in [3.63, 3.8) is 0 Å². The predicted molar refractivity (Wildman–Crippen MR) is 87.4 cm³/mol. The van der Waals surface area contributed by atoms with Crippen molar-refractivity contribution in [1.82, 2.24) is 5.32 Å². The second-order valence-electron chi connectivity index (χ2n) is 6.58. The molecule has 0 atom stereocenters. The Labute approximate surface area is 132 Å². The van der Waals surface area contributed by atoms with E-state index in [1.54, 1.807) is 0 Å². The molecule has 0 unspecified atom stereocenters. The van der Waals surface area contributed by atoms with Crippen molar-refractivity contribution < 1.29 is 14.3 Å². The summed E-state index contributed by atoms with van der Waals surface area (Å²) in [4.78, 5) is 11.5. The number of anilines is 1. The molecule has 1 fully saturated rings. The Morgan fingerprint density at radius 3 is 2.73 bits per heavy atom. The van der Waals surface area contributed by atoms with E-state index in [0.29, 0.717) is 19.2 Å². The van der Waals surface area contributed by atoms with E-state index in [2.05, 4.69) is 10.6 Å². The molecule has 0 bridgehead atoms. The van der Waals surface area contributed by atoms with Crippen molar-refractivity contribution in [3.8, 4) is 5.75 Å². The zero-order valence-electron chi connectivity index (χ0n) is 13.6. The third-order valence-corrected chi connectivity index (χ3v) is 3.35. The van der Waals surface area contributed by atoms with Gasteiger partial charge in [-0.2, -0.15) is 0 Å². The molecule has 0 spiro atoms. The van der Waals surface area contributed by atoms with Crippen LogP contribution in [0.15, 0.2) is 24.3 Å². The van der Waals surface area contributed by atoms with Gasteiger partial charge in [-0.05, 0) is 52.2 Å². The lowest BCUT2D eigenvalue weighted by atomic mass is 9.93. The zero-order chi connectivity index (χ0) is 16.0. The Hall–Kier alpha value is -1.91. The standard InChI is InChI=1S/C17H26N2O3/c1-17(2,3)22-16(20)18-10-11-21-15-9-5-8-14(12-15)19-13-6-4-7-13/h5,8-9,12-13,19H,4,6-7,10-11H2,1-3H3,(H,18,20). The van der Waals surface area contributed by atoms with Gasteiger partial charge in [-0.3, -0.25) is 0 Å². The highest BCUT2D eigenvalue weighted by Crippen LogP contribution is 2.25. The number of nitrogens with one attached hydrogen (secondary N) is 2. The molecule has 0 saturated heterocycles. The molecule has 22 heavy (non-hydrogen) atoms. The summed E-state index contributed by atoms with van der Waals surface area (Å²) >= 11 is 0. The van der Waals surface area contributed by atoms with Crippen molar-refractivity contribution in [2.75, 3.05) is 18.5 Å². The maximum Gasteiger partial charge on any atom is 0.407 e. The minimum absolute atomic E-state index is 0.409. The summed E-state index contributed by atoms with van der Waals surface area (Å²) in [6, 6.07) is 8.52. The fourth-order valence-corrected chi connectivity index (χ4v) is 2.10. The number of carbonyl (C=O) groups is 1. The zero-order valence-corrected chi connectivity index (χ0v) is 13.6. The molecule has 0 heterocycles. The molecule has 2 rings (SSSR count). The molecule has 1 aliphatic rings. The molecule has 1 amide bonds. The summed E-state index contributed by atoms with van der Waals surface area (Å²) in [6.07, 6.45) is 3.37. The SMILES string of the molecule is CC(C)(C)OC(=O)NCCOc1cccc(NC2CCC2)c1. The molecule has 0 aliphatic heterocycles. The lowest BCUT2D eigenvalue weighted by Gasteiger charge is -2.27. The first-order valence-corrected chi connectivity index (χ1v) is 7.89. The number of ether oxygens (including phenoxy) is 2. The molecule has 0 radical (unpaired) electrons. The van der Waals surface area contributed by atoms with Gasteiger partial charge in [0.25, 0.3) is 0 Å². The smallest absolute Gasteiger partial charge is 0.407 e. The van der Waals surface area contributed by atoms with Crippen LogP contribution in [0.4, 0.5) is 10.5 Å². The van der Waals surface area contributed by atoms with E-state index in [1.165, 1.54) is 19.3 Å². The lowest BCUT2D eigenvalue weighted by molar-refractivity contribution is 0.0520. The second kappa shape index (κ2) is 7.38. The van der Waals surface area contributed by atoms with Gasteiger partial charge in [0.15, 0.2) is 0 Å². The van der Waals surface area contributed by atoms with Crippen molar-refractivity contribution >= 4 is 11.8 Å². The van der Waals surface area contributed by atoms with Gasteiger partial charge >= 0.3 is 6.09 Å². The number of rotatable bonds is 6. The molecule has 1 saturated carbocycles. The molecule has 5 heteroatoms. The topological polar surface area (TPSA) is 59.6 Å². The molecule has 2 N–H and O–H groups in total. The maximum absolute atomic E-state index is 11.5. The van der Waals surface area contributed by atoms with Gasteiger partial charge in [0, 0.05) is 17.8 Å². The first-order valence-electron chi connectivity index (χ1n) is 7.89. The van der Waals surface area contributed by atoms with Crippen LogP contribution in [0.3, 0.4) is 0 Å². The lowest BCUT2D eigenvalue weighted by Crippen LogP contribution is -2.34. The second-order valence-corrected chi connectivity index (χ2v) is 6.58. The number of hydrogen-bond acceptors (Lipinski definition) is 4. The van der Waals surface area contributed by atoms with Crippen molar-refractivity contribution in [2.45, 2.75) is 51.7 Å². The third-order valence-electron chi connectivity index (χ3n) is 3.35. The van der Waals surface area contributed by atoms with Crippen LogP contribution in [0.5, 0.6) is 5.75 Å². The summed E-state index contributed by atoms with van der Waals surface area (Å²) < 4.78 is 10.8. The van der Waals surface area contributed by atoms with E-state index in [9.17, 15) is 4.79 Å². The van der Waals surface area contributed by atoms with Gasteiger partial charge in [0.2, 0.25) is 0 Å². The summed E-state index contributed by atoms with van der Waals surface area (Å²) in [5, 5.41) is 6.16. The molecular weight excluding hydrogens is 280 g/mol. The molecule has 1 aliphatic carbocycles. The molecule has 122 valence electrons. The van der Waals surface area contributed by atoms with Crippen LogP contribution >= 0.6 is 0 Å². The third kappa shape index (κ3) is 5.84. The van der Waals surface area contributed by atoms with E-state index in [-0.39, 0.29) is 0 Å². The minimum atomic E-state index is -0.480. The Morgan fingerprint density at radius 2 is 2.09 bits per heavy atom. The Bertz CT molecular complexity index is 493. The van der Waals surface area contributed by atoms with E-state index < -0.39 is 11.7 Å². The molecule has 5 nitrogen and oxygen atoms in total. The van der Waals surface area contributed by atoms with E-state index in [1.807, 2.05) is 45.0 Å². The number of hydrogen-bond donors (Lipinski definition) is 2. The summed E-state index contributed by atoms with van der Waals surface area (Å²) in [6.45, 7) is 6.33. The highest BCUT2D eigenvalue weighted by molar-refractivity contribution is 5.67. The Kier molecular flexibility index (Phi) is 5.52. The fraction of sp³-hybridized carbons (Fsp3) is 0.588. The van der Waals surface area contributed by atoms with Gasteiger partial charge in [0.1, 0.15) is 18.0 Å². The summed E-state index contributed by atoms with van der Waals surface area (Å²) in [5.74, 6) is 0.801. The highest BCUT2D eigenvalue weighted by atomic mass is 16.6. The number of amides is 1. The van der Waals surface area contributed by atoms with Crippen molar-refractivity contribution in [3.05, 3.63) is 24.3 Å². The van der Waals surface area contributed by atoms with Gasteiger partial charge in [-0.15, -0.1) is 0 Å². The molecule has 0 aromatic heterocycles. The maximum atomic E-state index is 11.5. The predicted octanol–water partition coefficient (Wildman–Crippen LogP) is 3.55. The molecular formula is C17H26N2O3. The van der Waals surface area contributed by atoms with Crippen LogP contribution in [-0.2, 0) is 4.74 Å². The van der Waals surface area contributed by atoms with Crippen LogP contribution in [-0.4, -0.2) is 30.9 Å². The number of benzene rings is 1. The number of carbonyl (C=O) groups excluding carboxylic acids is 1. The van der Waals surface area contributed by atoms with E-state index in [0.717, 1.165) is 11.4 Å².